The number of aryl methyl sites for hydroxylation is 1. The molecule has 0 saturated carbocycles. The molecule has 0 fully saturated rings. The van der Waals surface area contributed by atoms with Crippen molar-refractivity contribution in [2.45, 2.75) is 26.6 Å². The van der Waals surface area contributed by atoms with Gasteiger partial charge in [0, 0.05) is 30.5 Å². The molecule has 3 rings (SSSR count). The quantitative estimate of drug-likeness (QED) is 0.294. The second-order valence-corrected chi connectivity index (χ2v) is 7.75. The van der Waals surface area contributed by atoms with E-state index in [1.54, 1.807) is 11.3 Å². The van der Waals surface area contributed by atoms with Crippen molar-refractivity contribution in [2.24, 2.45) is 12.0 Å². The molecular formula is C19H24ClIN6S. The minimum absolute atomic E-state index is 0. The largest absolute Gasteiger partial charge is 0.351 e. The molecule has 150 valence electrons. The number of benzene rings is 1. The van der Waals surface area contributed by atoms with E-state index in [4.69, 9.17) is 16.6 Å². The zero-order chi connectivity index (χ0) is 19.2. The topological polar surface area (TPSA) is 58.3 Å². The molecule has 0 unspecified atom stereocenters. The van der Waals surface area contributed by atoms with Crippen LogP contribution in [0, 0.1) is 6.92 Å². The van der Waals surface area contributed by atoms with E-state index in [0.717, 1.165) is 34.7 Å². The first-order valence-electron chi connectivity index (χ1n) is 8.64. The molecule has 3 aromatic rings. The second-order valence-electron chi connectivity index (χ2n) is 6.28. The summed E-state index contributed by atoms with van der Waals surface area (Å²) in [6.45, 7) is 3.83. The first kappa shape index (κ1) is 22.6. The number of thiophene rings is 1. The number of hydrogen-bond donors (Lipinski definition) is 1. The van der Waals surface area contributed by atoms with Crippen LogP contribution in [0.1, 0.15) is 22.1 Å². The maximum Gasteiger partial charge on any atom is 0.194 e. The Morgan fingerprint density at radius 3 is 2.75 bits per heavy atom. The van der Waals surface area contributed by atoms with E-state index in [9.17, 15) is 0 Å². The Bertz CT molecular complexity index is 909. The average Bonchev–Trinajstić information content (AvgIpc) is 3.26. The first-order valence-corrected chi connectivity index (χ1v) is 9.90. The van der Waals surface area contributed by atoms with E-state index in [0.29, 0.717) is 13.1 Å². The fraction of sp³-hybridized carbons (Fsp3) is 0.316. The van der Waals surface area contributed by atoms with Crippen LogP contribution in [0.2, 0.25) is 5.02 Å². The fourth-order valence-electron chi connectivity index (χ4n) is 2.61. The summed E-state index contributed by atoms with van der Waals surface area (Å²) in [5.74, 6) is 2.52. The molecule has 0 aliphatic carbocycles. The van der Waals surface area contributed by atoms with E-state index in [2.05, 4.69) is 44.0 Å². The Morgan fingerprint density at radius 1 is 1.29 bits per heavy atom. The highest BCUT2D eigenvalue weighted by Crippen LogP contribution is 2.13. The number of rotatable bonds is 6. The van der Waals surface area contributed by atoms with Crippen molar-refractivity contribution < 1.29 is 0 Å². The monoisotopic (exact) mass is 530 g/mol. The molecule has 0 radical (unpaired) electrons. The summed E-state index contributed by atoms with van der Waals surface area (Å²) in [5, 5.41) is 14.6. The zero-order valence-electron chi connectivity index (χ0n) is 16.1. The minimum atomic E-state index is 0. The average molecular weight is 531 g/mol. The van der Waals surface area contributed by atoms with Gasteiger partial charge in [0.05, 0.1) is 6.54 Å². The van der Waals surface area contributed by atoms with Crippen molar-refractivity contribution in [3.63, 3.8) is 0 Å². The maximum absolute atomic E-state index is 6.12. The lowest BCUT2D eigenvalue weighted by molar-refractivity contribution is 0.474. The first-order chi connectivity index (χ1) is 13.0. The Kier molecular flexibility index (Phi) is 8.71. The zero-order valence-corrected chi connectivity index (χ0v) is 20.0. The normalized spacial score (nSPS) is 11.2. The van der Waals surface area contributed by atoms with Gasteiger partial charge in [0.15, 0.2) is 11.8 Å². The summed E-state index contributed by atoms with van der Waals surface area (Å²) < 4.78 is 1.96. The lowest BCUT2D eigenvalue weighted by Crippen LogP contribution is -2.38. The Hall–Kier alpha value is -1.65. The summed E-state index contributed by atoms with van der Waals surface area (Å²) in [6.07, 6.45) is 0. The van der Waals surface area contributed by atoms with E-state index < -0.39 is 0 Å². The van der Waals surface area contributed by atoms with Gasteiger partial charge in [-0.3, -0.25) is 0 Å². The van der Waals surface area contributed by atoms with Crippen LogP contribution in [-0.2, 0) is 26.7 Å². The van der Waals surface area contributed by atoms with Gasteiger partial charge in [-0.1, -0.05) is 29.8 Å². The van der Waals surface area contributed by atoms with Crippen molar-refractivity contribution in [2.75, 3.05) is 7.05 Å². The van der Waals surface area contributed by atoms with Crippen LogP contribution in [0.5, 0.6) is 0 Å². The molecule has 0 saturated heterocycles. The molecule has 0 spiro atoms. The highest BCUT2D eigenvalue weighted by Gasteiger charge is 2.10. The lowest BCUT2D eigenvalue weighted by Gasteiger charge is -2.22. The predicted octanol–water partition coefficient (Wildman–Crippen LogP) is 4.23. The molecule has 6 nitrogen and oxygen atoms in total. The van der Waals surface area contributed by atoms with Gasteiger partial charge in [0.2, 0.25) is 0 Å². The molecule has 0 amide bonds. The molecule has 28 heavy (non-hydrogen) atoms. The molecule has 1 N–H and O–H groups in total. The standard InChI is InChI=1S/C19H23ClN6S.HI/c1-14-23-24-18(26(14)3)12-22-19(21-11-17-8-5-9-27-17)25(2)13-15-6-4-7-16(20)10-15;/h4-10H,11-13H2,1-3H3,(H,21,22);1H. The minimum Gasteiger partial charge on any atom is -0.351 e. The number of aliphatic imine (C=N–C) groups is 1. The molecule has 0 bridgehead atoms. The molecule has 0 aliphatic heterocycles. The molecular weight excluding hydrogens is 507 g/mol. The van der Waals surface area contributed by atoms with Crippen LogP contribution in [0.15, 0.2) is 46.8 Å². The Morgan fingerprint density at radius 2 is 2.11 bits per heavy atom. The molecule has 0 aliphatic rings. The van der Waals surface area contributed by atoms with Crippen LogP contribution in [0.3, 0.4) is 0 Å². The number of aromatic nitrogens is 3. The summed E-state index contributed by atoms with van der Waals surface area (Å²) in [7, 11) is 3.97. The van der Waals surface area contributed by atoms with Gasteiger partial charge in [0.1, 0.15) is 12.4 Å². The maximum atomic E-state index is 6.12. The third kappa shape index (κ3) is 6.18. The smallest absolute Gasteiger partial charge is 0.194 e. The number of guanidine groups is 1. The lowest BCUT2D eigenvalue weighted by atomic mass is 10.2. The third-order valence-corrected chi connectivity index (χ3v) is 5.34. The third-order valence-electron chi connectivity index (χ3n) is 4.22. The van der Waals surface area contributed by atoms with Crippen molar-refractivity contribution in [1.82, 2.24) is 25.0 Å². The van der Waals surface area contributed by atoms with Gasteiger partial charge >= 0.3 is 0 Å². The SMILES string of the molecule is Cc1nnc(CN=C(NCc2cccs2)N(C)Cc2cccc(Cl)c2)n1C.I. The van der Waals surface area contributed by atoms with Crippen molar-refractivity contribution in [3.8, 4) is 0 Å². The van der Waals surface area contributed by atoms with Crippen LogP contribution in [0.4, 0.5) is 0 Å². The van der Waals surface area contributed by atoms with Crippen molar-refractivity contribution in [1.29, 1.82) is 0 Å². The van der Waals surface area contributed by atoms with Crippen molar-refractivity contribution in [3.05, 3.63) is 68.9 Å². The van der Waals surface area contributed by atoms with Crippen molar-refractivity contribution >= 4 is 52.9 Å². The summed E-state index contributed by atoms with van der Waals surface area (Å²) in [6, 6.07) is 12.0. The van der Waals surface area contributed by atoms with Crippen LogP contribution in [0.25, 0.3) is 0 Å². The van der Waals surface area contributed by atoms with E-state index in [-0.39, 0.29) is 24.0 Å². The molecule has 9 heteroatoms. The summed E-state index contributed by atoms with van der Waals surface area (Å²) >= 11 is 7.84. The highest BCUT2D eigenvalue weighted by atomic mass is 127. The van der Waals surface area contributed by atoms with Crippen LogP contribution < -0.4 is 5.32 Å². The number of halogens is 2. The predicted molar refractivity (Wildman–Crippen MR) is 126 cm³/mol. The Balaban J connectivity index is 0.00000280. The van der Waals surface area contributed by atoms with Gasteiger partial charge < -0.3 is 14.8 Å². The van der Waals surface area contributed by atoms with E-state index in [1.165, 1.54) is 4.88 Å². The van der Waals surface area contributed by atoms with Gasteiger partial charge in [0.25, 0.3) is 0 Å². The van der Waals surface area contributed by atoms with Crippen LogP contribution in [-0.4, -0.2) is 32.7 Å². The van der Waals surface area contributed by atoms with Gasteiger partial charge in [-0.25, -0.2) is 4.99 Å². The van der Waals surface area contributed by atoms with Gasteiger partial charge in [-0.2, -0.15) is 0 Å². The van der Waals surface area contributed by atoms with E-state index >= 15 is 0 Å². The number of nitrogens with one attached hydrogen (secondary N) is 1. The van der Waals surface area contributed by atoms with Gasteiger partial charge in [-0.15, -0.1) is 45.5 Å². The van der Waals surface area contributed by atoms with Crippen LogP contribution >= 0.6 is 46.9 Å². The Labute approximate surface area is 191 Å². The molecule has 0 atom stereocenters. The molecule has 2 heterocycles. The summed E-state index contributed by atoms with van der Waals surface area (Å²) in [4.78, 5) is 8.11. The second kappa shape index (κ2) is 10.8. The fourth-order valence-corrected chi connectivity index (χ4v) is 3.47. The van der Waals surface area contributed by atoms with Gasteiger partial charge in [-0.05, 0) is 36.1 Å². The molecule has 2 aromatic heterocycles. The number of hydrogen-bond acceptors (Lipinski definition) is 4. The summed E-state index contributed by atoms with van der Waals surface area (Å²) in [5.41, 5.74) is 1.13. The van der Waals surface area contributed by atoms with E-state index in [1.807, 2.05) is 43.8 Å². The molecule has 1 aromatic carbocycles. The number of nitrogens with zero attached hydrogens (tertiary/aromatic N) is 5. The highest BCUT2D eigenvalue weighted by molar-refractivity contribution is 14.0.